The number of nitrogen functional groups attached to an aromatic ring is 2. The predicted molar refractivity (Wildman–Crippen MR) is 74.7 cm³/mol. The third kappa shape index (κ3) is 2.55. The highest BCUT2D eigenvalue weighted by molar-refractivity contribution is 6.30. The van der Waals surface area contributed by atoms with Gasteiger partial charge in [-0.1, -0.05) is 17.7 Å². The highest BCUT2D eigenvalue weighted by Crippen LogP contribution is 2.21. The van der Waals surface area contributed by atoms with Crippen molar-refractivity contribution in [3.05, 3.63) is 53.1 Å². The van der Waals surface area contributed by atoms with E-state index in [2.05, 4.69) is 5.32 Å². The Morgan fingerprint density at radius 1 is 1.06 bits per heavy atom. The van der Waals surface area contributed by atoms with Gasteiger partial charge in [-0.3, -0.25) is 4.79 Å². The first-order valence-corrected chi connectivity index (χ1v) is 5.66. The lowest BCUT2D eigenvalue weighted by Gasteiger charge is -2.09. The molecule has 2 rings (SSSR count). The Kier molecular flexibility index (Phi) is 3.39. The minimum absolute atomic E-state index is 0.281. The van der Waals surface area contributed by atoms with Crippen LogP contribution in [0.25, 0.3) is 0 Å². The van der Waals surface area contributed by atoms with Crippen molar-refractivity contribution in [1.29, 1.82) is 0 Å². The topological polar surface area (TPSA) is 81.1 Å². The van der Waals surface area contributed by atoms with Gasteiger partial charge in [-0.2, -0.15) is 0 Å². The van der Waals surface area contributed by atoms with Gasteiger partial charge < -0.3 is 16.8 Å². The lowest BCUT2D eigenvalue weighted by Crippen LogP contribution is -2.14. The fourth-order valence-electron chi connectivity index (χ4n) is 1.51. The number of nitrogens with one attached hydrogen (secondary N) is 1. The van der Waals surface area contributed by atoms with Crippen molar-refractivity contribution >= 4 is 34.6 Å². The van der Waals surface area contributed by atoms with Crippen LogP contribution in [0, 0.1) is 0 Å². The summed E-state index contributed by atoms with van der Waals surface area (Å²) in [5.74, 6) is -0.304. The lowest BCUT2D eigenvalue weighted by molar-refractivity contribution is 0.102. The van der Waals surface area contributed by atoms with Crippen molar-refractivity contribution in [3.8, 4) is 0 Å². The predicted octanol–water partition coefficient (Wildman–Crippen LogP) is 2.76. The fourth-order valence-corrected chi connectivity index (χ4v) is 1.64. The first-order chi connectivity index (χ1) is 8.58. The molecule has 0 atom stereocenters. The average Bonchev–Trinajstić information content (AvgIpc) is 2.35. The zero-order chi connectivity index (χ0) is 13.1. The van der Waals surface area contributed by atoms with E-state index in [0.29, 0.717) is 22.0 Å². The van der Waals surface area contributed by atoms with Gasteiger partial charge in [0.05, 0.1) is 16.9 Å². The zero-order valence-corrected chi connectivity index (χ0v) is 10.2. The number of hydrogen-bond acceptors (Lipinski definition) is 3. The number of anilines is 3. The van der Waals surface area contributed by atoms with Crippen LogP contribution in [-0.4, -0.2) is 5.91 Å². The lowest BCUT2D eigenvalue weighted by atomic mass is 10.1. The second-order valence-electron chi connectivity index (χ2n) is 3.77. The maximum atomic E-state index is 12.0. The highest BCUT2D eigenvalue weighted by atomic mass is 35.5. The van der Waals surface area contributed by atoms with Crippen LogP contribution in [0.2, 0.25) is 5.02 Å². The molecule has 2 aromatic carbocycles. The van der Waals surface area contributed by atoms with E-state index in [9.17, 15) is 4.79 Å². The maximum absolute atomic E-state index is 12.0. The summed E-state index contributed by atoms with van der Waals surface area (Å²) in [7, 11) is 0. The van der Waals surface area contributed by atoms with Gasteiger partial charge in [0.2, 0.25) is 0 Å². The molecule has 0 heterocycles. The summed E-state index contributed by atoms with van der Waals surface area (Å²) in [6.07, 6.45) is 0. The summed E-state index contributed by atoms with van der Waals surface area (Å²) in [6.45, 7) is 0. The number of rotatable bonds is 2. The van der Waals surface area contributed by atoms with Crippen LogP contribution in [0.4, 0.5) is 17.1 Å². The summed E-state index contributed by atoms with van der Waals surface area (Å²) in [5, 5.41) is 3.33. The molecule has 4 nitrogen and oxygen atoms in total. The average molecular weight is 262 g/mol. The molecule has 0 aliphatic carbocycles. The number of para-hydroxylation sites is 1. The molecule has 0 bridgehead atoms. The number of carbonyl (C=O) groups is 1. The Morgan fingerprint density at radius 2 is 1.72 bits per heavy atom. The molecule has 0 radical (unpaired) electrons. The van der Waals surface area contributed by atoms with Crippen molar-refractivity contribution in [2.75, 3.05) is 16.8 Å². The SMILES string of the molecule is Nc1cccc(C(=O)Nc2ccc(Cl)cc2)c1N. The summed E-state index contributed by atoms with van der Waals surface area (Å²) in [5.41, 5.74) is 13.1. The molecule has 0 aliphatic rings. The van der Waals surface area contributed by atoms with Crippen LogP contribution >= 0.6 is 11.6 Å². The molecule has 5 N–H and O–H groups in total. The van der Waals surface area contributed by atoms with Crippen molar-refractivity contribution in [1.82, 2.24) is 0 Å². The molecule has 2 aromatic rings. The van der Waals surface area contributed by atoms with E-state index in [1.54, 1.807) is 42.5 Å². The van der Waals surface area contributed by atoms with Crippen molar-refractivity contribution in [2.24, 2.45) is 0 Å². The quantitative estimate of drug-likeness (QED) is 0.727. The maximum Gasteiger partial charge on any atom is 0.257 e. The van der Waals surface area contributed by atoms with E-state index in [1.807, 2.05) is 0 Å². The molecule has 1 amide bonds. The summed E-state index contributed by atoms with van der Waals surface area (Å²) in [4.78, 5) is 12.0. The van der Waals surface area contributed by atoms with E-state index >= 15 is 0 Å². The van der Waals surface area contributed by atoms with Crippen LogP contribution in [0.5, 0.6) is 0 Å². The molecular formula is C13H12ClN3O. The van der Waals surface area contributed by atoms with Gasteiger partial charge >= 0.3 is 0 Å². The molecule has 92 valence electrons. The summed E-state index contributed by atoms with van der Waals surface area (Å²) >= 11 is 5.76. The fraction of sp³-hybridized carbons (Fsp3) is 0. The minimum atomic E-state index is -0.304. The van der Waals surface area contributed by atoms with E-state index < -0.39 is 0 Å². The van der Waals surface area contributed by atoms with Gasteiger partial charge in [-0.15, -0.1) is 0 Å². The van der Waals surface area contributed by atoms with Gasteiger partial charge in [0, 0.05) is 10.7 Å². The van der Waals surface area contributed by atoms with Crippen molar-refractivity contribution < 1.29 is 4.79 Å². The van der Waals surface area contributed by atoms with E-state index in [-0.39, 0.29) is 11.6 Å². The normalized spacial score (nSPS) is 10.1. The van der Waals surface area contributed by atoms with Crippen LogP contribution in [-0.2, 0) is 0 Å². The van der Waals surface area contributed by atoms with Crippen molar-refractivity contribution in [2.45, 2.75) is 0 Å². The van der Waals surface area contributed by atoms with Gasteiger partial charge in [0.25, 0.3) is 5.91 Å². The van der Waals surface area contributed by atoms with Crippen LogP contribution in [0.3, 0.4) is 0 Å². The Labute approximate surface area is 110 Å². The molecule has 0 aliphatic heterocycles. The van der Waals surface area contributed by atoms with Gasteiger partial charge in [0.1, 0.15) is 0 Å². The molecule has 0 aromatic heterocycles. The molecule has 0 spiro atoms. The second-order valence-corrected chi connectivity index (χ2v) is 4.21. The number of carbonyl (C=O) groups excluding carboxylic acids is 1. The van der Waals surface area contributed by atoms with Crippen LogP contribution in [0.15, 0.2) is 42.5 Å². The van der Waals surface area contributed by atoms with E-state index in [4.69, 9.17) is 23.1 Å². The minimum Gasteiger partial charge on any atom is -0.397 e. The Balaban J connectivity index is 2.22. The van der Waals surface area contributed by atoms with E-state index in [0.717, 1.165) is 0 Å². The molecule has 0 fully saturated rings. The number of amides is 1. The number of benzene rings is 2. The number of hydrogen-bond donors (Lipinski definition) is 3. The third-order valence-corrected chi connectivity index (χ3v) is 2.74. The smallest absolute Gasteiger partial charge is 0.257 e. The Hall–Kier alpha value is -2.20. The summed E-state index contributed by atoms with van der Waals surface area (Å²) in [6, 6.07) is 11.8. The highest BCUT2D eigenvalue weighted by Gasteiger charge is 2.11. The first kappa shape index (κ1) is 12.3. The molecule has 0 saturated carbocycles. The Morgan fingerprint density at radius 3 is 2.39 bits per heavy atom. The molecule has 18 heavy (non-hydrogen) atoms. The standard InChI is InChI=1S/C13H12ClN3O/c14-8-4-6-9(7-5-8)17-13(18)10-2-1-3-11(15)12(10)16/h1-7H,15-16H2,(H,17,18). The second kappa shape index (κ2) is 4.98. The largest absolute Gasteiger partial charge is 0.397 e. The van der Waals surface area contributed by atoms with Crippen LogP contribution in [0.1, 0.15) is 10.4 Å². The van der Waals surface area contributed by atoms with Gasteiger partial charge in [0.15, 0.2) is 0 Å². The third-order valence-electron chi connectivity index (χ3n) is 2.49. The van der Waals surface area contributed by atoms with Crippen LogP contribution < -0.4 is 16.8 Å². The number of halogens is 1. The monoisotopic (exact) mass is 261 g/mol. The number of nitrogens with two attached hydrogens (primary N) is 2. The first-order valence-electron chi connectivity index (χ1n) is 5.29. The van der Waals surface area contributed by atoms with Crippen molar-refractivity contribution in [3.63, 3.8) is 0 Å². The summed E-state index contributed by atoms with van der Waals surface area (Å²) < 4.78 is 0. The molecule has 0 saturated heterocycles. The van der Waals surface area contributed by atoms with E-state index in [1.165, 1.54) is 0 Å². The van der Waals surface area contributed by atoms with Gasteiger partial charge in [-0.25, -0.2) is 0 Å². The molecule has 0 unspecified atom stereocenters. The molecule has 5 heteroatoms. The molecular weight excluding hydrogens is 250 g/mol. The Bertz CT molecular complexity index is 581. The van der Waals surface area contributed by atoms with Gasteiger partial charge in [-0.05, 0) is 36.4 Å². The zero-order valence-electron chi connectivity index (χ0n) is 9.48.